The molecule has 20 heavy (non-hydrogen) atoms. The molecule has 1 aromatic carbocycles. The summed E-state index contributed by atoms with van der Waals surface area (Å²) < 4.78 is 2.31. The molecule has 2 heterocycles. The highest BCUT2D eigenvalue weighted by Gasteiger charge is 2.24. The van der Waals surface area contributed by atoms with E-state index in [0.29, 0.717) is 0 Å². The first-order chi connectivity index (χ1) is 9.38. The Morgan fingerprint density at radius 3 is 2.50 bits per heavy atom. The molecular formula is C16H19N3S. The molecule has 0 radical (unpaired) electrons. The number of fused-ring (bicyclic) bond motifs is 1. The minimum absolute atomic E-state index is 0.0311. The van der Waals surface area contributed by atoms with E-state index in [4.69, 9.17) is 10.7 Å². The maximum absolute atomic E-state index is 5.95. The third kappa shape index (κ3) is 2.00. The van der Waals surface area contributed by atoms with E-state index in [9.17, 15) is 0 Å². The van der Waals surface area contributed by atoms with Gasteiger partial charge in [0.1, 0.15) is 0 Å². The van der Waals surface area contributed by atoms with E-state index in [1.807, 2.05) is 12.1 Å². The third-order valence-electron chi connectivity index (χ3n) is 3.37. The van der Waals surface area contributed by atoms with Crippen molar-refractivity contribution in [2.45, 2.75) is 33.2 Å². The summed E-state index contributed by atoms with van der Waals surface area (Å²) in [5.74, 6) is 1.01. The topological polar surface area (TPSA) is 43.8 Å². The van der Waals surface area contributed by atoms with E-state index in [0.717, 1.165) is 21.2 Å². The average molecular weight is 285 g/mol. The van der Waals surface area contributed by atoms with Gasteiger partial charge < -0.3 is 10.3 Å². The van der Waals surface area contributed by atoms with Crippen LogP contribution in [0.3, 0.4) is 0 Å². The highest BCUT2D eigenvalue weighted by molar-refractivity contribution is 7.19. The lowest BCUT2D eigenvalue weighted by atomic mass is 10.1. The van der Waals surface area contributed by atoms with E-state index >= 15 is 0 Å². The van der Waals surface area contributed by atoms with Gasteiger partial charge in [0.05, 0.1) is 20.9 Å². The molecule has 2 aromatic heterocycles. The van der Waals surface area contributed by atoms with Crippen LogP contribution in [0.4, 0.5) is 5.00 Å². The molecule has 0 amide bonds. The van der Waals surface area contributed by atoms with Crippen LogP contribution in [-0.2, 0) is 5.54 Å². The van der Waals surface area contributed by atoms with Crippen LogP contribution in [0, 0.1) is 6.92 Å². The maximum Gasteiger partial charge on any atom is 0.152 e. The minimum atomic E-state index is -0.0311. The summed E-state index contributed by atoms with van der Waals surface area (Å²) in [6.45, 7) is 8.71. The normalized spacial score (nSPS) is 12.2. The quantitative estimate of drug-likeness (QED) is 0.719. The van der Waals surface area contributed by atoms with Crippen molar-refractivity contribution in [3.63, 3.8) is 0 Å². The highest BCUT2D eigenvalue weighted by atomic mass is 32.1. The lowest BCUT2D eigenvalue weighted by molar-refractivity contribution is 0.413. The molecular weight excluding hydrogens is 266 g/mol. The third-order valence-corrected chi connectivity index (χ3v) is 4.43. The minimum Gasteiger partial charge on any atom is -0.391 e. The van der Waals surface area contributed by atoms with Crippen LogP contribution >= 0.6 is 11.3 Å². The fourth-order valence-electron chi connectivity index (χ4n) is 2.59. The Hall–Kier alpha value is -1.81. The van der Waals surface area contributed by atoms with Crippen molar-refractivity contribution in [2.75, 3.05) is 5.73 Å². The number of aryl methyl sites for hydroxylation is 1. The number of nitrogens with zero attached hydrogens (tertiary/aromatic N) is 2. The molecule has 3 rings (SSSR count). The van der Waals surface area contributed by atoms with Crippen molar-refractivity contribution in [3.8, 4) is 10.7 Å². The Morgan fingerprint density at radius 1 is 1.20 bits per heavy atom. The van der Waals surface area contributed by atoms with E-state index in [-0.39, 0.29) is 5.54 Å². The van der Waals surface area contributed by atoms with Crippen molar-refractivity contribution in [2.24, 2.45) is 0 Å². The number of benzene rings is 1. The second kappa shape index (κ2) is 4.35. The van der Waals surface area contributed by atoms with Crippen LogP contribution in [0.15, 0.2) is 30.3 Å². The van der Waals surface area contributed by atoms with Gasteiger partial charge >= 0.3 is 0 Å². The van der Waals surface area contributed by atoms with Crippen molar-refractivity contribution >= 4 is 27.4 Å². The van der Waals surface area contributed by atoms with E-state index in [1.54, 1.807) is 11.3 Å². The predicted molar refractivity (Wildman–Crippen MR) is 87.2 cm³/mol. The average Bonchev–Trinajstić information content (AvgIpc) is 2.88. The van der Waals surface area contributed by atoms with Crippen LogP contribution in [0.2, 0.25) is 0 Å². The smallest absolute Gasteiger partial charge is 0.152 e. The Morgan fingerprint density at radius 2 is 1.90 bits per heavy atom. The molecule has 0 fully saturated rings. The molecule has 2 N–H and O–H groups in total. The molecule has 3 aromatic rings. The molecule has 0 spiro atoms. The van der Waals surface area contributed by atoms with Crippen LogP contribution in [0.5, 0.6) is 0 Å². The molecule has 0 unspecified atom stereocenters. The number of anilines is 1. The Kier molecular flexibility index (Phi) is 2.87. The molecule has 0 saturated heterocycles. The number of imidazole rings is 1. The van der Waals surface area contributed by atoms with Crippen molar-refractivity contribution in [1.29, 1.82) is 0 Å². The molecule has 0 bridgehead atoms. The van der Waals surface area contributed by atoms with Gasteiger partial charge in [0, 0.05) is 5.54 Å². The van der Waals surface area contributed by atoms with E-state index in [2.05, 4.69) is 50.5 Å². The van der Waals surface area contributed by atoms with Gasteiger partial charge in [-0.2, -0.15) is 0 Å². The zero-order valence-corrected chi connectivity index (χ0v) is 13.1. The largest absolute Gasteiger partial charge is 0.391 e. The second-order valence-corrected chi connectivity index (χ2v) is 7.18. The first kappa shape index (κ1) is 13.2. The standard InChI is InChI=1S/C16H19N3S/c1-10-9-13(17)20-14(10)15-18-11-7-5-6-8-12(11)19(15)16(2,3)4/h5-9H,17H2,1-4H3. The van der Waals surface area contributed by atoms with Crippen molar-refractivity contribution in [3.05, 3.63) is 35.9 Å². The summed E-state index contributed by atoms with van der Waals surface area (Å²) in [4.78, 5) is 6.00. The summed E-state index contributed by atoms with van der Waals surface area (Å²) in [6.07, 6.45) is 0. The number of para-hydroxylation sites is 2. The lowest BCUT2D eigenvalue weighted by Crippen LogP contribution is -2.22. The highest BCUT2D eigenvalue weighted by Crippen LogP contribution is 2.37. The van der Waals surface area contributed by atoms with E-state index < -0.39 is 0 Å². The number of hydrogen-bond donors (Lipinski definition) is 1. The predicted octanol–water partition coefficient (Wildman–Crippen LogP) is 4.41. The van der Waals surface area contributed by atoms with Crippen molar-refractivity contribution in [1.82, 2.24) is 9.55 Å². The first-order valence-corrected chi connectivity index (χ1v) is 7.54. The Bertz CT molecular complexity index is 775. The lowest BCUT2D eigenvalue weighted by Gasteiger charge is -2.24. The maximum atomic E-state index is 5.95. The summed E-state index contributed by atoms with van der Waals surface area (Å²) in [5.41, 5.74) is 9.31. The van der Waals surface area contributed by atoms with Gasteiger partial charge in [-0.15, -0.1) is 11.3 Å². The molecule has 0 aliphatic heterocycles. The molecule has 4 heteroatoms. The number of nitrogen functional groups attached to an aromatic ring is 1. The van der Waals surface area contributed by atoms with Crippen LogP contribution in [0.1, 0.15) is 26.3 Å². The fraction of sp³-hybridized carbons (Fsp3) is 0.312. The van der Waals surface area contributed by atoms with Crippen LogP contribution < -0.4 is 5.73 Å². The monoisotopic (exact) mass is 285 g/mol. The van der Waals surface area contributed by atoms with Crippen LogP contribution in [0.25, 0.3) is 21.7 Å². The molecule has 0 saturated carbocycles. The molecule has 0 atom stereocenters. The van der Waals surface area contributed by atoms with Gasteiger partial charge in [0.15, 0.2) is 5.82 Å². The SMILES string of the molecule is Cc1cc(N)sc1-c1nc2ccccc2n1C(C)(C)C. The number of aromatic nitrogens is 2. The summed E-state index contributed by atoms with van der Waals surface area (Å²) >= 11 is 1.61. The zero-order valence-electron chi connectivity index (χ0n) is 12.3. The summed E-state index contributed by atoms with van der Waals surface area (Å²) in [5, 5.41) is 0.838. The summed E-state index contributed by atoms with van der Waals surface area (Å²) in [6, 6.07) is 10.3. The number of thiophene rings is 1. The van der Waals surface area contributed by atoms with Gasteiger partial charge in [0.25, 0.3) is 0 Å². The molecule has 0 aliphatic rings. The number of rotatable bonds is 1. The van der Waals surface area contributed by atoms with Crippen molar-refractivity contribution < 1.29 is 0 Å². The zero-order chi connectivity index (χ0) is 14.5. The Balaban J connectivity index is 2.38. The summed E-state index contributed by atoms with van der Waals surface area (Å²) in [7, 11) is 0. The van der Waals surface area contributed by atoms with Gasteiger partial charge in [-0.3, -0.25) is 0 Å². The van der Waals surface area contributed by atoms with Gasteiger partial charge in [-0.1, -0.05) is 12.1 Å². The molecule has 0 aliphatic carbocycles. The molecule has 104 valence electrons. The Labute approximate surface area is 123 Å². The number of nitrogens with two attached hydrogens (primary N) is 1. The van der Waals surface area contributed by atoms with Crippen LogP contribution in [-0.4, -0.2) is 9.55 Å². The fourth-order valence-corrected chi connectivity index (χ4v) is 3.51. The van der Waals surface area contributed by atoms with Gasteiger partial charge in [0.2, 0.25) is 0 Å². The van der Waals surface area contributed by atoms with Gasteiger partial charge in [-0.05, 0) is 51.5 Å². The first-order valence-electron chi connectivity index (χ1n) is 6.72. The molecule has 3 nitrogen and oxygen atoms in total. The van der Waals surface area contributed by atoms with E-state index in [1.165, 1.54) is 11.1 Å². The number of hydrogen-bond acceptors (Lipinski definition) is 3. The van der Waals surface area contributed by atoms with Gasteiger partial charge in [-0.25, -0.2) is 4.98 Å². The second-order valence-electron chi connectivity index (χ2n) is 6.09.